The number of halogens is 2. The Morgan fingerprint density at radius 3 is 2.62 bits per heavy atom. The van der Waals surface area contributed by atoms with Crippen molar-refractivity contribution >= 4 is 23.3 Å². The van der Waals surface area contributed by atoms with Gasteiger partial charge in [-0.05, 0) is 49.6 Å². The summed E-state index contributed by atoms with van der Waals surface area (Å²) in [5.41, 5.74) is 1.34. The van der Waals surface area contributed by atoms with Crippen LogP contribution in [0.5, 0.6) is 0 Å². The highest BCUT2D eigenvalue weighted by Gasteiger charge is 2.28. The van der Waals surface area contributed by atoms with Gasteiger partial charge in [0.15, 0.2) is 12.3 Å². The van der Waals surface area contributed by atoms with Gasteiger partial charge in [0, 0.05) is 23.4 Å². The standard InChI is InChI=1S/C21H16F2N4O5/c22-12-4-6-13(7-5-12)26-18-3-1-2-15(18)20(25-26)21(29)32-11-19(28)24-17-10-14(27(30)31)8-9-16(17)23/h4-10H,1-3,11H2,(H,24,28). The Hall–Kier alpha value is -4.15. The molecule has 0 radical (unpaired) electrons. The van der Waals surface area contributed by atoms with E-state index in [0.29, 0.717) is 24.1 Å². The van der Waals surface area contributed by atoms with Gasteiger partial charge in [0.1, 0.15) is 11.6 Å². The lowest BCUT2D eigenvalue weighted by molar-refractivity contribution is -0.384. The number of rotatable bonds is 6. The predicted octanol–water partition coefficient (Wildman–Crippen LogP) is 3.34. The van der Waals surface area contributed by atoms with Crippen LogP contribution in [-0.4, -0.2) is 33.2 Å². The Balaban J connectivity index is 1.46. The SMILES string of the molecule is O=C(COC(=O)c1nn(-c2ccc(F)cc2)c2c1CCC2)Nc1cc([N+](=O)[O-])ccc1F. The number of hydrogen-bond acceptors (Lipinski definition) is 6. The van der Waals surface area contributed by atoms with Crippen molar-refractivity contribution in [2.45, 2.75) is 19.3 Å². The molecule has 4 rings (SSSR count). The monoisotopic (exact) mass is 442 g/mol. The van der Waals surface area contributed by atoms with Gasteiger partial charge in [-0.25, -0.2) is 18.3 Å². The van der Waals surface area contributed by atoms with Gasteiger partial charge in [-0.2, -0.15) is 5.10 Å². The van der Waals surface area contributed by atoms with E-state index in [2.05, 4.69) is 10.4 Å². The third-order valence-corrected chi connectivity index (χ3v) is 4.96. The van der Waals surface area contributed by atoms with E-state index < -0.39 is 46.4 Å². The van der Waals surface area contributed by atoms with Crippen molar-refractivity contribution in [2.24, 2.45) is 0 Å². The first-order valence-electron chi connectivity index (χ1n) is 9.61. The van der Waals surface area contributed by atoms with Crippen molar-refractivity contribution < 1.29 is 28.0 Å². The second-order valence-corrected chi connectivity index (χ2v) is 7.06. The highest BCUT2D eigenvalue weighted by Crippen LogP contribution is 2.28. The van der Waals surface area contributed by atoms with Crippen LogP contribution in [0.25, 0.3) is 5.69 Å². The minimum absolute atomic E-state index is 0.0520. The molecule has 1 aliphatic carbocycles. The van der Waals surface area contributed by atoms with E-state index in [-0.39, 0.29) is 5.69 Å². The lowest BCUT2D eigenvalue weighted by Gasteiger charge is -2.07. The molecule has 9 nitrogen and oxygen atoms in total. The molecule has 0 atom stereocenters. The van der Waals surface area contributed by atoms with Crippen molar-refractivity contribution in [1.82, 2.24) is 9.78 Å². The molecule has 1 amide bonds. The minimum atomic E-state index is -0.869. The Bertz CT molecular complexity index is 1220. The lowest BCUT2D eigenvalue weighted by atomic mass is 10.2. The molecule has 1 N–H and O–H groups in total. The van der Waals surface area contributed by atoms with Crippen molar-refractivity contribution in [3.63, 3.8) is 0 Å². The van der Waals surface area contributed by atoms with Crippen molar-refractivity contribution in [1.29, 1.82) is 0 Å². The maximum absolute atomic E-state index is 13.8. The lowest BCUT2D eigenvalue weighted by Crippen LogP contribution is -2.22. The first-order valence-corrected chi connectivity index (χ1v) is 9.61. The molecule has 0 fully saturated rings. The molecule has 2 aromatic carbocycles. The normalized spacial score (nSPS) is 12.3. The summed E-state index contributed by atoms with van der Waals surface area (Å²) in [6.07, 6.45) is 2.09. The highest BCUT2D eigenvalue weighted by atomic mass is 19.1. The fourth-order valence-electron chi connectivity index (χ4n) is 3.51. The quantitative estimate of drug-likeness (QED) is 0.356. The van der Waals surface area contributed by atoms with Crippen molar-refractivity contribution in [2.75, 3.05) is 11.9 Å². The van der Waals surface area contributed by atoms with Crippen LogP contribution in [0.4, 0.5) is 20.2 Å². The number of nitro benzene ring substituents is 1. The smallest absolute Gasteiger partial charge is 0.359 e. The van der Waals surface area contributed by atoms with E-state index >= 15 is 0 Å². The van der Waals surface area contributed by atoms with Crippen LogP contribution in [0.15, 0.2) is 42.5 Å². The fourth-order valence-corrected chi connectivity index (χ4v) is 3.51. The molecule has 0 saturated heterocycles. The van der Waals surface area contributed by atoms with E-state index in [1.54, 1.807) is 4.68 Å². The van der Waals surface area contributed by atoms with Crippen LogP contribution in [0.2, 0.25) is 0 Å². The van der Waals surface area contributed by atoms with Crippen LogP contribution in [-0.2, 0) is 22.4 Å². The number of benzene rings is 2. The molecule has 32 heavy (non-hydrogen) atoms. The van der Waals surface area contributed by atoms with E-state index in [1.807, 2.05) is 0 Å². The average molecular weight is 442 g/mol. The molecular formula is C21H16F2N4O5. The zero-order chi connectivity index (χ0) is 22.8. The van der Waals surface area contributed by atoms with Crippen LogP contribution < -0.4 is 5.32 Å². The molecule has 0 spiro atoms. The molecule has 1 heterocycles. The number of nitrogens with zero attached hydrogens (tertiary/aromatic N) is 3. The summed E-state index contributed by atoms with van der Waals surface area (Å²) in [4.78, 5) is 34.7. The Labute approximate surface area is 179 Å². The minimum Gasteiger partial charge on any atom is -0.451 e. The highest BCUT2D eigenvalue weighted by molar-refractivity contribution is 5.95. The molecule has 1 aliphatic rings. The third-order valence-electron chi connectivity index (χ3n) is 4.96. The van der Waals surface area contributed by atoms with E-state index in [1.165, 1.54) is 24.3 Å². The molecule has 164 valence electrons. The molecule has 1 aromatic heterocycles. The number of nitrogens with one attached hydrogen (secondary N) is 1. The zero-order valence-corrected chi connectivity index (χ0v) is 16.5. The summed E-state index contributed by atoms with van der Waals surface area (Å²) in [6.45, 7) is -0.737. The van der Waals surface area contributed by atoms with Gasteiger partial charge in [0.2, 0.25) is 0 Å². The number of nitro groups is 1. The van der Waals surface area contributed by atoms with Crippen LogP contribution >= 0.6 is 0 Å². The Kier molecular flexibility index (Phi) is 5.63. The molecule has 0 unspecified atom stereocenters. The number of carbonyl (C=O) groups excluding carboxylic acids is 2. The summed E-state index contributed by atoms with van der Waals surface area (Å²) in [6, 6.07) is 8.33. The largest absolute Gasteiger partial charge is 0.451 e. The maximum Gasteiger partial charge on any atom is 0.359 e. The summed E-state index contributed by atoms with van der Waals surface area (Å²) < 4.78 is 33.6. The number of aromatic nitrogens is 2. The maximum atomic E-state index is 13.8. The number of anilines is 1. The summed E-state index contributed by atoms with van der Waals surface area (Å²) in [5, 5.41) is 17.2. The van der Waals surface area contributed by atoms with Gasteiger partial charge in [-0.15, -0.1) is 0 Å². The van der Waals surface area contributed by atoms with E-state index in [9.17, 15) is 28.5 Å². The Morgan fingerprint density at radius 1 is 1.16 bits per heavy atom. The molecule has 3 aromatic rings. The third kappa shape index (κ3) is 4.17. The van der Waals surface area contributed by atoms with Gasteiger partial charge < -0.3 is 10.1 Å². The van der Waals surface area contributed by atoms with Crippen LogP contribution in [0.3, 0.4) is 0 Å². The molecule has 0 aliphatic heterocycles. The number of amides is 1. The molecular weight excluding hydrogens is 426 g/mol. The van der Waals surface area contributed by atoms with E-state index in [4.69, 9.17) is 4.74 Å². The number of esters is 1. The summed E-state index contributed by atoms with van der Waals surface area (Å²) >= 11 is 0. The topological polar surface area (TPSA) is 116 Å². The number of fused-ring (bicyclic) bond motifs is 1. The number of ether oxygens (including phenoxy) is 1. The van der Waals surface area contributed by atoms with Gasteiger partial charge in [-0.1, -0.05) is 0 Å². The zero-order valence-electron chi connectivity index (χ0n) is 16.5. The fraction of sp³-hybridized carbons (Fsp3) is 0.190. The molecule has 0 bridgehead atoms. The first-order chi connectivity index (χ1) is 15.3. The predicted molar refractivity (Wildman–Crippen MR) is 108 cm³/mol. The Morgan fingerprint density at radius 2 is 1.91 bits per heavy atom. The van der Waals surface area contributed by atoms with Gasteiger partial charge >= 0.3 is 5.97 Å². The molecule has 11 heteroatoms. The second kappa shape index (κ2) is 8.53. The van der Waals surface area contributed by atoms with Crippen LogP contribution in [0.1, 0.15) is 28.2 Å². The average Bonchev–Trinajstić information content (AvgIpc) is 3.37. The first kappa shape index (κ1) is 21.1. The van der Waals surface area contributed by atoms with Gasteiger partial charge in [-0.3, -0.25) is 14.9 Å². The number of non-ortho nitro benzene ring substituents is 1. The second-order valence-electron chi connectivity index (χ2n) is 7.06. The van der Waals surface area contributed by atoms with Gasteiger partial charge in [0.05, 0.1) is 16.3 Å². The number of carbonyl (C=O) groups is 2. The van der Waals surface area contributed by atoms with Crippen LogP contribution in [0, 0.1) is 21.7 Å². The summed E-state index contributed by atoms with van der Waals surface area (Å²) in [5.74, 6) is -2.97. The molecule has 0 saturated carbocycles. The van der Waals surface area contributed by atoms with Crippen molar-refractivity contribution in [3.05, 3.63) is 81.2 Å². The number of hydrogen-bond donors (Lipinski definition) is 1. The van der Waals surface area contributed by atoms with E-state index in [0.717, 1.165) is 30.3 Å². The van der Waals surface area contributed by atoms with Gasteiger partial charge in [0.25, 0.3) is 11.6 Å². The van der Waals surface area contributed by atoms with Crippen molar-refractivity contribution in [3.8, 4) is 5.69 Å². The summed E-state index contributed by atoms with van der Waals surface area (Å²) in [7, 11) is 0.